The minimum Gasteiger partial charge on any atom is -0.497 e. The summed E-state index contributed by atoms with van der Waals surface area (Å²) >= 11 is 3.45. The smallest absolute Gasteiger partial charge is 0.163 e. The van der Waals surface area contributed by atoms with Crippen molar-refractivity contribution >= 4 is 33.8 Å². The molecule has 3 aromatic carbocycles. The molecule has 0 aliphatic rings. The summed E-state index contributed by atoms with van der Waals surface area (Å²) < 4.78 is 6.23. The third-order valence-corrected chi connectivity index (χ3v) is 6.21. The summed E-state index contributed by atoms with van der Waals surface area (Å²) in [6.07, 6.45) is 3.82. The molecule has 0 heterocycles. The fourth-order valence-corrected chi connectivity index (χ4v) is 4.37. The van der Waals surface area contributed by atoms with Crippen molar-refractivity contribution in [2.45, 2.75) is 45.4 Å². The molecule has 0 N–H and O–H groups in total. The second-order valence-corrected chi connectivity index (χ2v) is 9.37. The van der Waals surface area contributed by atoms with E-state index in [1.54, 1.807) is 19.2 Å². The number of carbonyl (C=O) groups excluding carboxylic acids is 3. The Kier molecular flexibility index (Phi) is 9.34. The monoisotopic (exact) mass is 520 g/mol. The molecule has 0 spiro atoms. The van der Waals surface area contributed by atoms with Crippen LogP contribution in [-0.2, 0) is 24.1 Å². The van der Waals surface area contributed by atoms with Crippen molar-refractivity contribution in [1.82, 2.24) is 0 Å². The molecule has 176 valence electrons. The number of methoxy groups -OCH3 is 1. The van der Waals surface area contributed by atoms with Crippen LogP contribution in [0.1, 0.15) is 62.2 Å². The minimum atomic E-state index is 0.0173. The van der Waals surface area contributed by atoms with E-state index in [1.165, 1.54) is 5.56 Å². The second kappa shape index (κ2) is 12.4. The Hall–Kier alpha value is -3.05. The van der Waals surface area contributed by atoms with E-state index >= 15 is 0 Å². The number of carbonyl (C=O) groups is 3. The molecule has 4 nitrogen and oxygen atoms in total. The zero-order chi connectivity index (χ0) is 24.5. The molecule has 34 heavy (non-hydrogen) atoms. The zero-order valence-electron chi connectivity index (χ0n) is 19.6. The van der Waals surface area contributed by atoms with Crippen LogP contribution >= 0.6 is 15.9 Å². The molecule has 0 aliphatic carbocycles. The number of hydrogen-bond acceptors (Lipinski definition) is 4. The van der Waals surface area contributed by atoms with Gasteiger partial charge in [0.1, 0.15) is 12.0 Å². The van der Waals surface area contributed by atoms with Crippen LogP contribution in [0.2, 0.25) is 0 Å². The van der Waals surface area contributed by atoms with Gasteiger partial charge in [0.2, 0.25) is 0 Å². The first kappa shape index (κ1) is 25.6. The van der Waals surface area contributed by atoms with E-state index in [-0.39, 0.29) is 11.6 Å². The number of halogens is 1. The van der Waals surface area contributed by atoms with E-state index in [4.69, 9.17) is 4.74 Å². The van der Waals surface area contributed by atoms with Crippen LogP contribution in [0, 0.1) is 6.92 Å². The number of aldehydes is 1. The van der Waals surface area contributed by atoms with Crippen molar-refractivity contribution < 1.29 is 19.1 Å². The SMILES string of the molecule is COc1cc(CCC(=O)c2cc(Br)cc(CCC=O)c2)cc(C(=O)CCc2ccc(C)cc2)c1. The molecular weight excluding hydrogens is 492 g/mol. The maximum atomic E-state index is 12.9. The molecule has 0 radical (unpaired) electrons. The first-order chi connectivity index (χ1) is 16.4. The van der Waals surface area contributed by atoms with Gasteiger partial charge in [-0.2, -0.15) is 0 Å². The molecule has 0 saturated heterocycles. The Morgan fingerprint density at radius 1 is 0.794 bits per heavy atom. The normalized spacial score (nSPS) is 10.7. The summed E-state index contributed by atoms with van der Waals surface area (Å²) in [5.41, 5.74) is 5.40. The van der Waals surface area contributed by atoms with Crippen LogP contribution in [0.4, 0.5) is 0 Å². The van der Waals surface area contributed by atoms with Gasteiger partial charge in [0.15, 0.2) is 11.6 Å². The summed E-state index contributed by atoms with van der Waals surface area (Å²) in [4.78, 5) is 36.4. The van der Waals surface area contributed by atoms with Crippen molar-refractivity contribution in [3.63, 3.8) is 0 Å². The first-order valence-corrected chi connectivity index (χ1v) is 12.2. The molecule has 5 heteroatoms. The molecule has 0 saturated carbocycles. The van der Waals surface area contributed by atoms with Gasteiger partial charge in [0.05, 0.1) is 7.11 Å². The predicted molar refractivity (Wildman–Crippen MR) is 138 cm³/mol. The van der Waals surface area contributed by atoms with Gasteiger partial charge >= 0.3 is 0 Å². The lowest BCUT2D eigenvalue weighted by Gasteiger charge is -2.10. The Labute approximate surface area is 209 Å². The van der Waals surface area contributed by atoms with Crippen LogP contribution in [-0.4, -0.2) is 25.0 Å². The van der Waals surface area contributed by atoms with Gasteiger partial charge in [-0.3, -0.25) is 9.59 Å². The van der Waals surface area contributed by atoms with Crippen LogP contribution in [0.25, 0.3) is 0 Å². The maximum Gasteiger partial charge on any atom is 0.163 e. The number of benzene rings is 3. The standard InChI is InChI=1S/C29H29BrO4/c1-20-5-7-21(8-6-20)9-11-29(33)25-15-23(17-27(19-25)34-2)10-12-28(32)24-14-22(4-3-13-31)16-26(30)18-24/h5-8,13-19H,3-4,9-12H2,1-2H3. The highest BCUT2D eigenvalue weighted by atomic mass is 79.9. The van der Waals surface area contributed by atoms with Crippen LogP contribution in [0.3, 0.4) is 0 Å². The quantitative estimate of drug-likeness (QED) is 0.201. The molecule has 0 bridgehead atoms. The van der Waals surface area contributed by atoms with E-state index in [1.807, 2.05) is 31.2 Å². The van der Waals surface area contributed by atoms with E-state index in [0.29, 0.717) is 55.4 Å². The number of aryl methyl sites for hydroxylation is 4. The van der Waals surface area contributed by atoms with Crippen molar-refractivity contribution in [3.05, 3.63) is 98.5 Å². The molecule has 0 atom stereocenters. The number of ether oxygens (including phenoxy) is 1. The Balaban J connectivity index is 1.67. The highest BCUT2D eigenvalue weighted by molar-refractivity contribution is 9.10. The van der Waals surface area contributed by atoms with Gasteiger partial charge in [-0.15, -0.1) is 0 Å². The van der Waals surface area contributed by atoms with Crippen molar-refractivity contribution in [2.75, 3.05) is 7.11 Å². The van der Waals surface area contributed by atoms with E-state index < -0.39 is 0 Å². The Bertz CT molecular complexity index is 1170. The first-order valence-electron chi connectivity index (χ1n) is 11.4. The average molecular weight is 521 g/mol. The lowest BCUT2D eigenvalue weighted by atomic mass is 9.97. The number of Topliss-reactive ketones (excluding diaryl/α,β-unsaturated/α-hetero) is 2. The van der Waals surface area contributed by atoms with Crippen molar-refractivity contribution in [2.24, 2.45) is 0 Å². The molecular formula is C29H29BrO4. The highest BCUT2D eigenvalue weighted by Crippen LogP contribution is 2.22. The molecule has 3 aromatic rings. The highest BCUT2D eigenvalue weighted by Gasteiger charge is 2.13. The maximum absolute atomic E-state index is 12.9. The fraction of sp³-hybridized carbons (Fsp3) is 0.276. The van der Waals surface area contributed by atoms with Crippen LogP contribution < -0.4 is 4.74 Å². The number of rotatable bonds is 12. The number of hydrogen-bond donors (Lipinski definition) is 0. The third kappa shape index (κ3) is 7.49. The van der Waals surface area contributed by atoms with Gasteiger partial charge < -0.3 is 9.53 Å². The van der Waals surface area contributed by atoms with E-state index in [2.05, 4.69) is 40.2 Å². The third-order valence-electron chi connectivity index (χ3n) is 5.76. The molecule has 0 amide bonds. The molecule has 0 unspecified atom stereocenters. The summed E-state index contributed by atoms with van der Waals surface area (Å²) in [5.74, 6) is 0.685. The van der Waals surface area contributed by atoms with Crippen molar-refractivity contribution in [1.29, 1.82) is 0 Å². The van der Waals surface area contributed by atoms with Gasteiger partial charge in [-0.25, -0.2) is 0 Å². The lowest BCUT2D eigenvalue weighted by Crippen LogP contribution is -2.05. The Morgan fingerprint density at radius 3 is 2.00 bits per heavy atom. The summed E-state index contributed by atoms with van der Waals surface area (Å²) in [6, 6.07) is 19.3. The minimum absolute atomic E-state index is 0.0173. The fourth-order valence-electron chi connectivity index (χ4n) is 3.82. The van der Waals surface area contributed by atoms with E-state index in [0.717, 1.165) is 27.4 Å². The average Bonchev–Trinajstić information content (AvgIpc) is 2.84. The molecule has 0 fully saturated rings. The summed E-state index contributed by atoms with van der Waals surface area (Å²) in [6.45, 7) is 2.04. The predicted octanol–water partition coefficient (Wildman–Crippen LogP) is 6.53. The van der Waals surface area contributed by atoms with Crippen LogP contribution in [0.15, 0.2) is 65.1 Å². The van der Waals surface area contributed by atoms with E-state index in [9.17, 15) is 14.4 Å². The lowest BCUT2D eigenvalue weighted by molar-refractivity contribution is -0.107. The topological polar surface area (TPSA) is 60.4 Å². The van der Waals surface area contributed by atoms with Crippen LogP contribution in [0.5, 0.6) is 5.75 Å². The molecule has 0 aliphatic heterocycles. The summed E-state index contributed by atoms with van der Waals surface area (Å²) in [5, 5.41) is 0. The Morgan fingerprint density at radius 2 is 1.38 bits per heavy atom. The second-order valence-electron chi connectivity index (χ2n) is 8.46. The van der Waals surface area contributed by atoms with Crippen molar-refractivity contribution in [3.8, 4) is 5.75 Å². The summed E-state index contributed by atoms with van der Waals surface area (Å²) in [7, 11) is 1.58. The van der Waals surface area contributed by atoms with Gasteiger partial charge in [-0.1, -0.05) is 45.8 Å². The number of ketones is 2. The molecule has 0 aromatic heterocycles. The molecule has 3 rings (SSSR count). The zero-order valence-corrected chi connectivity index (χ0v) is 21.2. The van der Waals surface area contributed by atoms with Gasteiger partial charge in [-0.05, 0) is 79.3 Å². The van der Waals surface area contributed by atoms with Gasteiger partial charge in [0.25, 0.3) is 0 Å². The van der Waals surface area contributed by atoms with Gasteiger partial charge in [0, 0.05) is 34.9 Å². The largest absolute Gasteiger partial charge is 0.497 e.